The van der Waals surface area contributed by atoms with Crippen LogP contribution in [0.1, 0.15) is 15.9 Å². The fraction of sp³-hybridized carbons (Fsp3) is 0.0385. The number of hydrogen-bond donors (Lipinski definition) is 1. The molecule has 0 aliphatic heterocycles. The molecule has 1 N–H and O–H groups in total. The summed E-state index contributed by atoms with van der Waals surface area (Å²) in [5.74, 6) is -0.420. The van der Waals surface area contributed by atoms with E-state index in [9.17, 15) is 14.9 Å². The Kier molecular flexibility index (Phi) is 5.87. The van der Waals surface area contributed by atoms with E-state index in [1.54, 1.807) is 16.9 Å². The number of rotatable bonds is 7. The minimum atomic E-state index is -0.510. The van der Waals surface area contributed by atoms with Gasteiger partial charge in [0.1, 0.15) is 5.69 Å². The lowest BCUT2D eigenvalue weighted by atomic mass is 10.1. The van der Waals surface area contributed by atoms with Crippen molar-refractivity contribution in [1.82, 2.24) is 24.6 Å². The van der Waals surface area contributed by atoms with E-state index >= 15 is 0 Å². The highest BCUT2D eigenvalue weighted by atomic mass is 16.6. The van der Waals surface area contributed by atoms with Gasteiger partial charge in [0.2, 0.25) is 0 Å². The van der Waals surface area contributed by atoms with E-state index in [0.717, 1.165) is 22.5 Å². The number of nitrogens with one attached hydrogen (secondary N) is 1. The molecule has 35 heavy (non-hydrogen) atoms. The van der Waals surface area contributed by atoms with Crippen LogP contribution in [0.3, 0.4) is 0 Å². The third-order valence-electron chi connectivity index (χ3n) is 5.51. The summed E-state index contributed by atoms with van der Waals surface area (Å²) in [5, 5.41) is 19.3. The zero-order valence-corrected chi connectivity index (χ0v) is 18.5. The van der Waals surface area contributed by atoms with Crippen LogP contribution in [0.5, 0.6) is 0 Å². The number of aromatic nitrogens is 4. The summed E-state index contributed by atoms with van der Waals surface area (Å²) in [6, 6.07) is 23.8. The summed E-state index contributed by atoms with van der Waals surface area (Å²) in [6.07, 6.45) is 6.49. The molecule has 9 heteroatoms. The van der Waals surface area contributed by atoms with Crippen LogP contribution >= 0.6 is 0 Å². The molecule has 1 amide bonds. The minimum absolute atomic E-state index is 0.183. The van der Waals surface area contributed by atoms with Crippen molar-refractivity contribution >= 4 is 11.6 Å². The first-order valence-electron chi connectivity index (χ1n) is 10.8. The lowest BCUT2D eigenvalue weighted by Crippen LogP contribution is -2.23. The van der Waals surface area contributed by atoms with Gasteiger partial charge >= 0.3 is 0 Å². The van der Waals surface area contributed by atoms with Crippen molar-refractivity contribution < 1.29 is 9.72 Å². The predicted molar refractivity (Wildman–Crippen MR) is 130 cm³/mol. The maximum atomic E-state index is 12.9. The van der Waals surface area contributed by atoms with E-state index < -0.39 is 10.8 Å². The van der Waals surface area contributed by atoms with Crippen LogP contribution < -0.4 is 5.32 Å². The van der Waals surface area contributed by atoms with Gasteiger partial charge in [-0.2, -0.15) is 5.10 Å². The van der Waals surface area contributed by atoms with Crippen LogP contribution in [-0.2, 0) is 6.54 Å². The third kappa shape index (κ3) is 4.55. The van der Waals surface area contributed by atoms with Gasteiger partial charge in [-0.15, -0.1) is 0 Å². The normalized spacial score (nSPS) is 10.7. The van der Waals surface area contributed by atoms with Gasteiger partial charge in [0.15, 0.2) is 0 Å². The molecule has 0 saturated carbocycles. The largest absolute Gasteiger partial charge is 0.348 e. The van der Waals surface area contributed by atoms with E-state index in [2.05, 4.69) is 10.3 Å². The number of carbonyl (C=O) groups is 1. The number of carbonyl (C=O) groups excluding carboxylic acids is 1. The molecule has 2 aromatic heterocycles. The summed E-state index contributed by atoms with van der Waals surface area (Å²) in [6.45, 7) is 0.201. The number of amides is 1. The highest BCUT2D eigenvalue weighted by Gasteiger charge is 2.19. The zero-order chi connectivity index (χ0) is 24.2. The third-order valence-corrected chi connectivity index (χ3v) is 5.51. The molecule has 0 radical (unpaired) electrons. The van der Waals surface area contributed by atoms with Gasteiger partial charge in [-0.05, 0) is 24.3 Å². The molecule has 3 aromatic carbocycles. The van der Waals surface area contributed by atoms with Crippen LogP contribution in [0.4, 0.5) is 5.69 Å². The first kappa shape index (κ1) is 21.8. The van der Waals surface area contributed by atoms with E-state index in [0.29, 0.717) is 5.69 Å². The van der Waals surface area contributed by atoms with Crippen molar-refractivity contribution in [3.63, 3.8) is 0 Å². The van der Waals surface area contributed by atoms with Crippen molar-refractivity contribution in [3.8, 4) is 22.6 Å². The van der Waals surface area contributed by atoms with E-state index in [1.807, 2.05) is 66.9 Å². The predicted octanol–water partition coefficient (Wildman–Crippen LogP) is 4.56. The number of hydrogen-bond acceptors (Lipinski definition) is 5. The number of nitrogens with zero attached hydrogens (tertiary/aromatic N) is 5. The highest BCUT2D eigenvalue weighted by Crippen LogP contribution is 2.26. The Hall–Kier alpha value is -5.05. The van der Waals surface area contributed by atoms with Crippen molar-refractivity contribution in [2.75, 3.05) is 0 Å². The number of imidazole rings is 1. The molecule has 2 heterocycles. The Labute approximate surface area is 200 Å². The standard InChI is InChI=1S/C26H20N6O3/c33-26(20-11-12-23(24(15-20)32(34)35)30-14-13-27-18-30)28-16-21-17-31(22-9-5-2-6-10-22)29-25(21)19-7-3-1-4-8-19/h1-15,17-18H,16H2,(H,28,33). The Morgan fingerprint density at radius 1 is 1.00 bits per heavy atom. The Morgan fingerprint density at radius 2 is 1.74 bits per heavy atom. The SMILES string of the molecule is O=C(NCc1cn(-c2ccccc2)nc1-c1ccccc1)c1ccc(-n2ccnc2)c([N+](=O)[O-])c1. The number of para-hydroxylation sites is 1. The molecule has 0 aliphatic rings. The molecule has 0 bridgehead atoms. The molecule has 0 atom stereocenters. The quantitative estimate of drug-likeness (QED) is 0.281. The average molecular weight is 464 g/mol. The van der Waals surface area contributed by atoms with Gasteiger partial charge in [0.05, 0.1) is 22.6 Å². The maximum absolute atomic E-state index is 12.9. The smallest absolute Gasteiger partial charge is 0.294 e. The zero-order valence-electron chi connectivity index (χ0n) is 18.5. The summed E-state index contributed by atoms with van der Waals surface area (Å²) in [7, 11) is 0. The van der Waals surface area contributed by atoms with E-state index in [-0.39, 0.29) is 17.8 Å². The molecule has 172 valence electrons. The van der Waals surface area contributed by atoms with Crippen molar-refractivity contribution in [3.05, 3.63) is 125 Å². The lowest BCUT2D eigenvalue weighted by molar-refractivity contribution is -0.384. The van der Waals surface area contributed by atoms with Gasteiger partial charge in [0.25, 0.3) is 11.6 Å². The number of nitro groups is 1. The minimum Gasteiger partial charge on any atom is -0.348 e. The van der Waals surface area contributed by atoms with Crippen molar-refractivity contribution in [1.29, 1.82) is 0 Å². The molecule has 5 rings (SSSR count). The molecule has 0 spiro atoms. The molecular weight excluding hydrogens is 444 g/mol. The topological polar surface area (TPSA) is 108 Å². The molecular formula is C26H20N6O3. The second kappa shape index (κ2) is 9.44. The van der Waals surface area contributed by atoms with Gasteiger partial charge in [-0.25, -0.2) is 9.67 Å². The summed E-state index contributed by atoms with van der Waals surface area (Å²) >= 11 is 0. The van der Waals surface area contributed by atoms with Crippen LogP contribution in [0, 0.1) is 10.1 Å². The van der Waals surface area contributed by atoms with Gasteiger partial charge < -0.3 is 9.88 Å². The number of benzene rings is 3. The Balaban J connectivity index is 1.42. The summed E-state index contributed by atoms with van der Waals surface area (Å²) in [5.41, 5.74) is 3.73. The fourth-order valence-corrected chi connectivity index (χ4v) is 3.80. The van der Waals surface area contributed by atoms with Gasteiger partial charge in [-0.1, -0.05) is 48.5 Å². The Morgan fingerprint density at radius 3 is 2.43 bits per heavy atom. The average Bonchev–Trinajstić information content (AvgIpc) is 3.59. The number of nitro benzene ring substituents is 1. The van der Waals surface area contributed by atoms with E-state index in [1.165, 1.54) is 29.2 Å². The van der Waals surface area contributed by atoms with E-state index in [4.69, 9.17) is 5.10 Å². The second-order valence-electron chi connectivity index (χ2n) is 7.76. The van der Waals surface area contributed by atoms with Gasteiger partial charge in [-0.3, -0.25) is 14.9 Å². The summed E-state index contributed by atoms with van der Waals surface area (Å²) in [4.78, 5) is 28.0. The molecule has 0 aliphatic carbocycles. The molecule has 0 saturated heterocycles. The second-order valence-corrected chi connectivity index (χ2v) is 7.76. The van der Waals surface area contributed by atoms with Crippen molar-refractivity contribution in [2.45, 2.75) is 6.54 Å². The van der Waals surface area contributed by atoms with Gasteiger partial charge in [0, 0.05) is 47.9 Å². The van der Waals surface area contributed by atoms with Crippen molar-refractivity contribution in [2.24, 2.45) is 0 Å². The molecule has 0 fully saturated rings. The molecule has 9 nitrogen and oxygen atoms in total. The monoisotopic (exact) mass is 464 g/mol. The maximum Gasteiger partial charge on any atom is 0.294 e. The van der Waals surface area contributed by atoms with Crippen LogP contribution in [0.25, 0.3) is 22.6 Å². The molecule has 0 unspecified atom stereocenters. The van der Waals surface area contributed by atoms with Crippen LogP contribution in [0.15, 0.2) is 104 Å². The first-order valence-corrected chi connectivity index (χ1v) is 10.8. The van der Waals surface area contributed by atoms with Crippen LogP contribution in [0.2, 0.25) is 0 Å². The highest BCUT2D eigenvalue weighted by molar-refractivity contribution is 5.95. The molecule has 5 aromatic rings. The summed E-state index contributed by atoms with van der Waals surface area (Å²) < 4.78 is 3.30. The van der Waals surface area contributed by atoms with Crippen LogP contribution in [-0.4, -0.2) is 30.2 Å². The first-order chi connectivity index (χ1) is 17.1. The lowest BCUT2D eigenvalue weighted by Gasteiger charge is -2.08. The fourth-order valence-electron chi connectivity index (χ4n) is 3.80. The Bertz CT molecular complexity index is 1480.